The van der Waals surface area contributed by atoms with Crippen LogP contribution >= 0.6 is 15.9 Å². The van der Waals surface area contributed by atoms with Crippen molar-refractivity contribution in [3.05, 3.63) is 32.8 Å². The molecule has 0 radical (unpaired) electrons. The van der Waals surface area contributed by atoms with E-state index in [1.165, 1.54) is 6.07 Å². The summed E-state index contributed by atoms with van der Waals surface area (Å²) in [7, 11) is 0. The van der Waals surface area contributed by atoms with Crippen molar-refractivity contribution in [3.63, 3.8) is 0 Å². The van der Waals surface area contributed by atoms with Crippen molar-refractivity contribution in [2.24, 2.45) is 5.92 Å². The van der Waals surface area contributed by atoms with Crippen molar-refractivity contribution in [2.45, 2.75) is 25.7 Å². The molecule has 0 saturated heterocycles. The van der Waals surface area contributed by atoms with Gasteiger partial charge in [0.25, 0.3) is 5.69 Å². The third-order valence-electron chi connectivity index (χ3n) is 3.60. The molecule has 7 heteroatoms. The molecule has 2 rings (SSSR count). The minimum atomic E-state index is -0.410. The topological polar surface area (TPSA) is 84.3 Å². The molecule has 0 heterocycles. The van der Waals surface area contributed by atoms with Gasteiger partial charge < -0.3 is 10.6 Å². The van der Waals surface area contributed by atoms with Crippen molar-refractivity contribution in [1.29, 1.82) is 0 Å². The third kappa shape index (κ3) is 4.42. The highest BCUT2D eigenvalue weighted by Crippen LogP contribution is 2.28. The van der Waals surface area contributed by atoms with Gasteiger partial charge in [-0.2, -0.15) is 0 Å². The number of carbonyl (C=O) groups excluding carboxylic acids is 1. The van der Waals surface area contributed by atoms with Gasteiger partial charge in [-0.05, 0) is 31.4 Å². The molecular weight excluding hydrogens is 338 g/mol. The zero-order valence-electron chi connectivity index (χ0n) is 11.6. The predicted molar refractivity (Wildman–Crippen MR) is 84.3 cm³/mol. The van der Waals surface area contributed by atoms with E-state index in [1.807, 2.05) is 0 Å². The molecule has 1 aliphatic rings. The standard InChI is InChI=1S/C14H18BrN3O3/c15-11-5-6-13(18(20)21)12(9-11)16-7-2-8-17-14(19)10-3-1-4-10/h5-6,9-10,16H,1-4,7-8H2,(H,17,19). The number of rotatable bonds is 7. The maximum atomic E-state index is 11.6. The van der Waals surface area contributed by atoms with Gasteiger partial charge in [-0.1, -0.05) is 22.4 Å². The lowest BCUT2D eigenvalue weighted by atomic mass is 9.85. The molecule has 2 N–H and O–H groups in total. The van der Waals surface area contributed by atoms with Gasteiger partial charge in [0.15, 0.2) is 0 Å². The van der Waals surface area contributed by atoms with Crippen LogP contribution in [-0.2, 0) is 4.79 Å². The molecule has 1 saturated carbocycles. The SMILES string of the molecule is O=C(NCCCNc1cc(Br)ccc1[N+](=O)[O-])C1CCC1. The van der Waals surface area contributed by atoms with Crippen molar-refractivity contribution < 1.29 is 9.72 Å². The smallest absolute Gasteiger partial charge is 0.292 e. The summed E-state index contributed by atoms with van der Waals surface area (Å²) in [6.45, 7) is 1.16. The normalized spacial score (nSPS) is 14.3. The van der Waals surface area contributed by atoms with Crippen molar-refractivity contribution in [3.8, 4) is 0 Å². The second kappa shape index (κ2) is 7.40. The predicted octanol–water partition coefficient (Wildman–Crippen LogP) is 3.08. The molecule has 0 aromatic heterocycles. The Labute approximate surface area is 131 Å². The highest BCUT2D eigenvalue weighted by molar-refractivity contribution is 9.10. The highest BCUT2D eigenvalue weighted by Gasteiger charge is 2.24. The van der Waals surface area contributed by atoms with Gasteiger partial charge in [0.1, 0.15) is 5.69 Å². The first-order valence-corrected chi connectivity index (χ1v) is 7.83. The third-order valence-corrected chi connectivity index (χ3v) is 4.09. The van der Waals surface area contributed by atoms with Gasteiger partial charge in [0, 0.05) is 29.5 Å². The maximum absolute atomic E-state index is 11.6. The Kier molecular flexibility index (Phi) is 5.55. The Morgan fingerprint density at radius 2 is 2.14 bits per heavy atom. The molecule has 1 amide bonds. The van der Waals surface area contributed by atoms with Crippen LogP contribution in [0.25, 0.3) is 0 Å². The van der Waals surface area contributed by atoms with E-state index in [0.717, 1.165) is 30.2 Å². The van der Waals surface area contributed by atoms with E-state index in [4.69, 9.17) is 0 Å². The molecule has 6 nitrogen and oxygen atoms in total. The fraction of sp³-hybridized carbons (Fsp3) is 0.500. The van der Waals surface area contributed by atoms with Crippen LogP contribution in [0.5, 0.6) is 0 Å². The van der Waals surface area contributed by atoms with Gasteiger partial charge in [-0.15, -0.1) is 0 Å². The maximum Gasteiger partial charge on any atom is 0.292 e. The molecule has 114 valence electrons. The summed E-state index contributed by atoms with van der Waals surface area (Å²) in [5, 5.41) is 16.9. The lowest BCUT2D eigenvalue weighted by molar-refractivity contribution is -0.384. The van der Waals surface area contributed by atoms with E-state index >= 15 is 0 Å². The molecule has 0 atom stereocenters. The van der Waals surface area contributed by atoms with Gasteiger partial charge >= 0.3 is 0 Å². The van der Waals surface area contributed by atoms with Crippen molar-refractivity contribution in [1.82, 2.24) is 5.32 Å². The summed E-state index contributed by atoms with van der Waals surface area (Å²) in [6.07, 6.45) is 3.86. The van der Waals surface area contributed by atoms with Crippen LogP contribution in [-0.4, -0.2) is 23.9 Å². The van der Waals surface area contributed by atoms with E-state index in [0.29, 0.717) is 18.8 Å². The molecule has 0 aliphatic heterocycles. The van der Waals surface area contributed by atoms with Gasteiger partial charge in [-0.25, -0.2) is 0 Å². The van der Waals surface area contributed by atoms with Gasteiger partial charge in [-0.3, -0.25) is 14.9 Å². The summed E-state index contributed by atoms with van der Waals surface area (Å²) in [6, 6.07) is 4.79. The number of nitrogens with zero attached hydrogens (tertiary/aromatic N) is 1. The van der Waals surface area contributed by atoms with E-state index in [-0.39, 0.29) is 17.5 Å². The summed E-state index contributed by atoms with van der Waals surface area (Å²) < 4.78 is 0.786. The van der Waals surface area contributed by atoms with Crippen LogP contribution in [0.15, 0.2) is 22.7 Å². The fourth-order valence-corrected chi connectivity index (χ4v) is 2.51. The number of nitro groups is 1. The fourth-order valence-electron chi connectivity index (χ4n) is 2.15. The Hall–Kier alpha value is -1.63. The molecule has 1 aliphatic carbocycles. The summed E-state index contributed by atoms with van der Waals surface area (Å²) in [5.41, 5.74) is 0.538. The Bertz CT molecular complexity index is 532. The number of benzene rings is 1. The van der Waals surface area contributed by atoms with Crippen LogP contribution in [0.3, 0.4) is 0 Å². The van der Waals surface area contributed by atoms with Gasteiger partial charge in [0.2, 0.25) is 5.91 Å². The number of carbonyl (C=O) groups is 1. The van der Waals surface area contributed by atoms with Crippen LogP contribution in [0, 0.1) is 16.0 Å². The summed E-state index contributed by atoms with van der Waals surface area (Å²) >= 11 is 3.30. The average molecular weight is 356 g/mol. The van der Waals surface area contributed by atoms with Crippen molar-refractivity contribution >= 4 is 33.2 Å². The molecular formula is C14H18BrN3O3. The van der Waals surface area contributed by atoms with Crippen LogP contribution < -0.4 is 10.6 Å². The lowest BCUT2D eigenvalue weighted by Crippen LogP contribution is -2.35. The molecule has 0 bridgehead atoms. The quantitative estimate of drug-likeness (QED) is 0.447. The number of halogens is 1. The van der Waals surface area contributed by atoms with E-state index in [2.05, 4.69) is 26.6 Å². The van der Waals surface area contributed by atoms with Gasteiger partial charge in [0.05, 0.1) is 4.92 Å². The van der Waals surface area contributed by atoms with Crippen LogP contribution in [0.2, 0.25) is 0 Å². The number of nitrogens with one attached hydrogen (secondary N) is 2. The first kappa shape index (κ1) is 15.8. The molecule has 1 aromatic carbocycles. The van der Waals surface area contributed by atoms with E-state index < -0.39 is 4.92 Å². The second-order valence-corrected chi connectivity index (χ2v) is 6.03. The number of hydrogen-bond acceptors (Lipinski definition) is 4. The minimum Gasteiger partial charge on any atom is -0.379 e. The first-order chi connectivity index (χ1) is 10.1. The monoisotopic (exact) mass is 355 g/mol. The summed E-state index contributed by atoms with van der Waals surface area (Å²) in [4.78, 5) is 22.1. The Balaban J connectivity index is 1.74. The first-order valence-electron chi connectivity index (χ1n) is 7.03. The van der Waals surface area contributed by atoms with E-state index in [1.54, 1.807) is 12.1 Å². The number of anilines is 1. The molecule has 1 aromatic rings. The molecule has 0 spiro atoms. The minimum absolute atomic E-state index is 0.0525. The number of hydrogen-bond donors (Lipinski definition) is 2. The largest absolute Gasteiger partial charge is 0.379 e. The highest BCUT2D eigenvalue weighted by atomic mass is 79.9. The second-order valence-electron chi connectivity index (χ2n) is 5.12. The van der Waals surface area contributed by atoms with Crippen LogP contribution in [0.1, 0.15) is 25.7 Å². The zero-order valence-corrected chi connectivity index (χ0v) is 13.2. The summed E-state index contributed by atoms with van der Waals surface area (Å²) in [5.74, 6) is 0.332. The average Bonchev–Trinajstić information content (AvgIpc) is 2.36. The van der Waals surface area contributed by atoms with Crippen molar-refractivity contribution in [2.75, 3.05) is 18.4 Å². The molecule has 0 unspecified atom stereocenters. The molecule has 1 fully saturated rings. The Morgan fingerprint density at radius 1 is 1.38 bits per heavy atom. The number of nitro benzene ring substituents is 1. The Morgan fingerprint density at radius 3 is 2.76 bits per heavy atom. The number of amides is 1. The van der Waals surface area contributed by atoms with E-state index in [9.17, 15) is 14.9 Å². The lowest BCUT2D eigenvalue weighted by Gasteiger charge is -2.24. The zero-order chi connectivity index (χ0) is 15.2. The van der Waals surface area contributed by atoms with Crippen LogP contribution in [0.4, 0.5) is 11.4 Å². The molecule has 21 heavy (non-hydrogen) atoms.